The molecule has 8 nitrogen and oxygen atoms in total. The minimum absolute atomic E-state index is 0.136. The molecule has 0 aliphatic rings. The van der Waals surface area contributed by atoms with E-state index in [4.69, 9.17) is 4.42 Å². The van der Waals surface area contributed by atoms with Gasteiger partial charge in [0.1, 0.15) is 24.0 Å². The predicted octanol–water partition coefficient (Wildman–Crippen LogP) is 4.12. The van der Waals surface area contributed by atoms with Crippen LogP contribution < -0.4 is 10.6 Å². The number of nitrogens with one attached hydrogen (secondary N) is 2. The van der Waals surface area contributed by atoms with Crippen LogP contribution in [0.2, 0.25) is 0 Å². The first-order valence-corrected chi connectivity index (χ1v) is 10.9. The van der Waals surface area contributed by atoms with Gasteiger partial charge in [0, 0.05) is 29.1 Å². The number of amides is 2. The number of fused-ring (bicyclic) bond motifs is 1. The number of carbonyl (C=O) groups is 2. The van der Waals surface area contributed by atoms with Crippen LogP contribution in [0.5, 0.6) is 0 Å². The van der Waals surface area contributed by atoms with E-state index in [1.54, 1.807) is 29.2 Å². The Morgan fingerprint density at radius 3 is 2.70 bits per heavy atom. The van der Waals surface area contributed by atoms with E-state index in [0.29, 0.717) is 5.69 Å². The first-order chi connectivity index (χ1) is 16.1. The summed E-state index contributed by atoms with van der Waals surface area (Å²) in [6.45, 7) is 1.99. The van der Waals surface area contributed by atoms with Gasteiger partial charge in [-0.3, -0.25) is 9.59 Å². The molecule has 0 radical (unpaired) electrons. The molecule has 0 atom stereocenters. The van der Waals surface area contributed by atoms with E-state index in [1.165, 1.54) is 12.4 Å². The molecule has 2 amide bonds. The molecule has 0 aliphatic heterocycles. The zero-order valence-electron chi connectivity index (χ0n) is 18.3. The topological polar surface area (TPSA) is 102 Å². The first-order valence-electron chi connectivity index (χ1n) is 10.9. The lowest BCUT2D eigenvalue weighted by Gasteiger charge is -2.07. The number of anilines is 1. The van der Waals surface area contributed by atoms with Crippen molar-refractivity contribution in [2.45, 2.75) is 26.2 Å². The number of furan rings is 1. The summed E-state index contributed by atoms with van der Waals surface area (Å²) < 4.78 is 7.59. The van der Waals surface area contributed by atoms with Crippen molar-refractivity contribution in [1.29, 1.82) is 0 Å². The Balaban J connectivity index is 1.33. The van der Waals surface area contributed by atoms with E-state index in [9.17, 15) is 9.59 Å². The summed E-state index contributed by atoms with van der Waals surface area (Å²) in [4.78, 5) is 28.4. The summed E-state index contributed by atoms with van der Waals surface area (Å²) in [6, 6.07) is 14.9. The lowest BCUT2D eigenvalue weighted by atomic mass is 10.1. The maximum absolute atomic E-state index is 12.3. The molecular weight excluding hydrogens is 418 g/mol. The van der Waals surface area contributed by atoms with Gasteiger partial charge in [-0.25, -0.2) is 9.67 Å². The summed E-state index contributed by atoms with van der Waals surface area (Å²) in [7, 11) is 0. The largest absolute Gasteiger partial charge is 0.460 e. The van der Waals surface area contributed by atoms with Crippen LogP contribution in [-0.2, 0) is 16.0 Å². The lowest BCUT2D eigenvalue weighted by molar-refractivity contribution is -0.121. The van der Waals surface area contributed by atoms with Crippen molar-refractivity contribution in [2.75, 3.05) is 11.9 Å². The van der Waals surface area contributed by atoms with E-state index >= 15 is 0 Å². The first kappa shape index (κ1) is 22.0. The van der Waals surface area contributed by atoms with Crippen molar-refractivity contribution in [1.82, 2.24) is 20.1 Å². The quantitative estimate of drug-likeness (QED) is 0.379. The van der Waals surface area contributed by atoms with Gasteiger partial charge in [0.05, 0.1) is 12.2 Å². The highest BCUT2D eigenvalue weighted by Crippen LogP contribution is 2.28. The average Bonchev–Trinajstić information content (AvgIpc) is 3.49. The zero-order chi connectivity index (χ0) is 23.0. The number of aromatic nitrogens is 3. The summed E-state index contributed by atoms with van der Waals surface area (Å²) >= 11 is 0. The van der Waals surface area contributed by atoms with Gasteiger partial charge in [0.25, 0.3) is 0 Å². The fourth-order valence-electron chi connectivity index (χ4n) is 3.45. The molecule has 0 unspecified atom stereocenters. The van der Waals surface area contributed by atoms with Gasteiger partial charge < -0.3 is 15.1 Å². The van der Waals surface area contributed by atoms with Gasteiger partial charge in [-0.2, -0.15) is 5.10 Å². The van der Waals surface area contributed by atoms with E-state index < -0.39 is 0 Å². The zero-order valence-corrected chi connectivity index (χ0v) is 18.3. The van der Waals surface area contributed by atoms with Crippen LogP contribution in [0.15, 0.2) is 71.7 Å². The van der Waals surface area contributed by atoms with Crippen molar-refractivity contribution >= 4 is 34.5 Å². The maximum atomic E-state index is 12.3. The van der Waals surface area contributed by atoms with Crippen LogP contribution in [0.3, 0.4) is 0 Å². The van der Waals surface area contributed by atoms with E-state index in [1.807, 2.05) is 36.4 Å². The fraction of sp³-hybridized carbons (Fsp3) is 0.200. The molecule has 2 aromatic carbocycles. The minimum Gasteiger partial charge on any atom is -0.460 e. The third-order valence-electron chi connectivity index (χ3n) is 5.13. The molecule has 0 saturated heterocycles. The Hall–Kier alpha value is -4.20. The second-order valence-corrected chi connectivity index (χ2v) is 7.52. The van der Waals surface area contributed by atoms with Gasteiger partial charge in [0.2, 0.25) is 11.8 Å². The Kier molecular flexibility index (Phi) is 6.94. The van der Waals surface area contributed by atoms with Crippen LogP contribution in [-0.4, -0.2) is 33.1 Å². The molecule has 33 heavy (non-hydrogen) atoms. The van der Waals surface area contributed by atoms with E-state index in [0.717, 1.165) is 47.2 Å². The highest BCUT2D eigenvalue weighted by Gasteiger charge is 2.12. The van der Waals surface area contributed by atoms with Gasteiger partial charge in [-0.05, 0) is 42.8 Å². The third kappa shape index (κ3) is 5.54. The SMILES string of the molecule is CCCCc1oc2ccccc2c1C=CC(=O)NCC(=O)Nc1ccc(-n2cncn2)cc1. The van der Waals surface area contributed by atoms with E-state index in [-0.39, 0.29) is 18.4 Å². The monoisotopic (exact) mass is 443 g/mol. The van der Waals surface area contributed by atoms with Crippen LogP contribution >= 0.6 is 0 Å². The highest BCUT2D eigenvalue weighted by molar-refractivity contribution is 5.99. The molecule has 0 fully saturated rings. The Bertz CT molecular complexity index is 1260. The van der Waals surface area contributed by atoms with Gasteiger partial charge in [-0.15, -0.1) is 0 Å². The third-order valence-corrected chi connectivity index (χ3v) is 5.13. The molecule has 2 heterocycles. The molecule has 4 aromatic rings. The smallest absolute Gasteiger partial charge is 0.244 e. The molecule has 8 heteroatoms. The number of hydrogen-bond acceptors (Lipinski definition) is 5. The summed E-state index contributed by atoms with van der Waals surface area (Å²) in [5.41, 5.74) is 3.16. The van der Waals surface area contributed by atoms with Crippen molar-refractivity contribution in [3.63, 3.8) is 0 Å². The van der Waals surface area contributed by atoms with Gasteiger partial charge in [0.15, 0.2) is 0 Å². The molecule has 2 N–H and O–H groups in total. The van der Waals surface area contributed by atoms with Crippen LogP contribution in [0.25, 0.3) is 22.7 Å². The average molecular weight is 444 g/mol. The van der Waals surface area contributed by atoms with Crippen molar-refractivity contribution in [3.05, 3.63) is 78.6 Å². The van der Waals surface area contributed by atoms with Crippen LogP contribution in [0, 0.1) is 0 Å². The molecule has 0 spiro atoms. The number of unbranched alkanes of at least 4 members (excludes halogenated alkanes) is 1. The second-order valence-electron chi connectivity index (χ2n) is 7.52. The Morgan fingerprint density at radius 2 is 1.94 bits per heavy atom. The molecule has 0 aliphatic carbocycles. The number of rotatable bonds is 9. The van der Waals surface area contributed by atoms with Gasteiger partial charge in [-0.1, -0.05) is 31.5 Å². The van der Waals surface area contributed by atoms with Crippen LogP contribution in [0.4, 0.5) is 5.69 Å². The maximum Gasteiger partial charge on any atom is 0.244 e. The van der Waals surface area contributed by atoms with E-state index in [2.05, 4.69) is 27.6 Å². The summed E-state index contributed by atoms with van der Waals surface area (Å²) in [5.74, 6) is 0.204. The number of carbonyl (C=O) groups excluding carboxylic acids is 2. The normalized spacial score (nSPS) is 11.2. The summed E-state index contributed by atoms with van der Waals surface area (Å²) in [6.07, 6.45) is 9.11. The standard InChI is InChI=1S/C25H25N5O3/c1-2-3-7-22-21(20-6-4-5-8-23(20)33-22)13-14-24(31)27-15-25(32)29-18-9-11-19(12-10-18)30-17-26-16-28-30/h4-6,8-14,16-17H,2-3,7,15H2,1H3,(H,27,31)(H,29,32). The molecule has 2 aromatic heterocycles. The predicted molar refractivity (Wildman–Crippen MR) is 127 cm³/mol. The fourth-order valence-corrected chi connectivity index (χ4v) is 3.45. The second kappa shape index (κ2) is 10.4. The lowest BCUT2D eigenvalue weighted by Crippen LogP contribution is -2.31. The van der Waals surface area contributed by atoms with Crippen molar-refractivity contribution in [3.8, 4) is 5.69 Å². The molecule has 0 saturated carbocycles. The van der Waals surface area contributed by atoms with Crippen molar-refractivity contribution in [2.24, 2.45) is 0 Å². The number of hydrogen-bond donors (Lipinski definition) is 2. The minimum atomic E-state index is -0.349. The van der Waals surface area contributed by atoms with Crippen molar-refractivity contribution < 1.29 is 14.0 Å². The van der Waals surface area contributed by atoms with Crippen LogP contribution in [0.1, 0.15) is 31.1 Å². The molecule has 4 rings (SSSR count). The molecular formula is C25H25N5O3. The number of nitrogens with zero attached hydrogens (tertiary/aromatic N) is 3. The Morgan fingerprint density at radius 1 is 1.12 bits per heavy atom. The number of benzene rings is 2. The summed E-state index contributed by atoms with van der Waals surface area (Å²) in [5, 5.41) is 10.4. The number of aryl methyl sites for hydroxylation is 1. The Labute approximate surface area is 191 Å². The van der Waals surface area contributed by atoms with Gasteiger partial charge >= 0.3 is 0 Å². The molecule has 168 valence electrons. The number of para-hydroxylation sites is 1. The molecule has 0 bridgehead atoms. The highest BCUT2D eigenvalue weighted by atomic mass is 16.3.